The molecule has 0 radical (unpaired) electrons. The summed E-state index contributed by atoms with van der Waals surface area (Å²) in [6, 6.07) is 0. The van der Waals surface area contributed by atoms with E-state index in [0.29, 0.717) is 6.42 Å². The number of ether oxygens (including phenoxy) is 2. The normalized spacial score (nSPS) is 36.2. The van der Waals surface area contributed by atoms with Gasteiger partial charge in [-0.25, -0.2) is 0 Å². The first kappa shape index (κ1) is 14.9. The van der Waals surface area contributed by atoms with E-state index < -0.39 is 11.7 Å². The van der Waals surface area contributed by atoms with Crippen LogP contribution in [0.4, 0.5) is 0 Å². The molecule has 1 saturated heterocycles. The first-order valence-corrected chi connectivity index (χ1v) is 6.00. The average Bonchev–Trinajstić information content (AvgIpc) is 2.23. The van der Waals surface area contributed by atoms with Crippen LogP contribution in [-0.2, 0) is 19.1 Å². The molecule has 1 aliphatic rings. The predicted molar refractivity (Wildman–Crippen MR) is 68.6 cm³/mol. The zero-order chi connectivity index (χ0) is 13.8. The zero-order valence-electron chi connectivity index (χ0n) is 11.5. The van der Waals surface area contributed by atoms with Crippen LogP contribution in [0.1, 0.15) is 34.1 Å². The van der Waals surface area contributed by atoms with Crippen LogP contribution in [-0.4, -0.2) is 43.6 Å². The van der Waals surface area contributed by atoms with Crippen molar-refractivity contribution in [3.8, 4) is 0 Å². The van der Waals surface area contributed by atoms with E-state index in [1.165, 1.54) is 0 Å². The van der Waals surface area contributed by atoms with E-state index >= 15 is 0 Å². The van der Waals surface area contributed by atoms with Crippen molar-refractivity contribution in [3.63, 3.8) is 0 Å². The molecule has 6 nitrogen and oxygen atoms in total. The van der Waals surface area contributed by atoms with Crippen LogP contribution in [0.25, 0.3) is 0 Å². The summed E-state index contributed by atoms with van der Waals surface area (Å²) >= 11 is 0. The lowest BCUT2D eigenvalue weighted by Crippen LogP contribution is -2.57. The summed E-state index contributed by atoms with van der Waals surface area (Å²) in [7, 11) is 0. The maximum atomic E-state index is 5.73. The Balaban J connectivity index is 2.83. The van der Waals surface area contributed by atoms with E-state index in [4.69, 9.17) is 19.1 Å². The van der Waals surface area contributed by atoms with Crippen molar-refractivity contribution >= 4 is 13.4 Å². The highest BCUT2D eigenvalue weighted by Gasteiger charge is 2.50. The topological polar surface area (TPSA) is 61.6 Å². The molecule has 0 bridgehead atoms. The third-order valence-electron chi connectivity index (χ3n) is 2.85. The molecule has 0 saturated carbocycles. The molecule has 0 spiro atoms. The molecule has 104 valence electrons. The number of nitrogens with zero attached hydrogens (tertiary/aromatic N) is 2. The Morgan fingerprint density at radius 1 is 1.33 bits per heavy atom. The minimum absolute atomic E-state index is 0.0677. The Morgan fingerprint density at radius 3 is 2.50 bits per heavy atom. The van der Waals surface area contributed by atoms with Gasteiger partial charge in [-0.15, -0.1) is 10.3 Å². The number of hydrogen-bond donors (Lipinski definition) is 0. The summed E-state index contributed by atoms with van der Waals surface area (Å²) in [6.07, 6.45) is -0.476. The third-order valence-corrected chi connectivity index (χ3v) is 2.85. The van der Waals surface area contributed by atoms with E-state index in [1.54, 1.807) is 0 Å². The SMILES string of the molecule is C=NO[C@H]1[C@H](C)O[C@@H](OC(C)C)C[C@@]1(C)ON=C. The quantitative estimate of drug-likeness (QED) is 0.539. The lowest BCUT2D eigenvalue weighted by Gasteiger charge is -2.43. The number of rotatable bonds is 6. The van der Waals surface area contributed by atoms with Gasteiger partial charge in [0.25, 0.3) is 0 Å². The Bertz CT molecular complexity index is 298. The maximum absolute atomic E-state index is 5.73. The van der Waals surface area contributed by atoms with Gasteiger partial charge < -0.3 is 19.1 Å². The van der Waals surface area contributed by atoms with Crippen LogP contribution in [0.5, 0.6) is 0 Å². The van der Waals surface area contributed by atoms with E-state index in [1.807, 2.05) is 27.7 Å². The Kier molecular flexibility index (Phi) is 5.10. The second kappa shape index (κ2) is 6.15. The molecule has 0 aromatic heterocycles. The maximum Gasteiger partial charge on any atom is 0.195 e. The van der Waals surface area contributed by atoms with Crippen molar-refractivity contribution in [2.75, 3.05) is 0 Å². The summed E-state index contributed by atoms with van der Waals surface area (Å²) in [4.78, 5) is 10.6. The van der Waals surface area contributed by atoms with Crippen LogP contribution in [0, 0.1) is 0 Å². The largest absolute Gasteiger partial charge is 0.386 e. The lowest BCUT2D eigenvalue weighted by molar-refractivity contribution is -0.298. The molecule has 0 aliphatic carbocycles. The first-order chi connectivity index (χ1) is 8.42. The minimum Gasteiger partial charge on any atom is -0.386 e. The molecule has 1 fully saturated rings. The Labute approximate surface area is 108 Å². The van der Waals surface area contributed by atoms with Gasteiger partial charge in [-0.1, -0.05) is 0 Å². The fraction of sp³-hybridized carbons (Fsp3) is 0.833. The Morgan fingerprint density at radius 2 is 2.00 bits per heavy atom. The highest BCUT2D eigenvalue weighted by atomic mass is 16.7. The minimum atomic E-state index is -0.708. The van der Waals surface area contributed by atoms with Crippen LogP contribution in [0.3, 0.4) is 0 Å². The molecule has 1 heterocycles. The van der Waals surface area contributed by atoms with Gasteiger partial charge in [-0.05, 0) is 27.7 Å². The third kappa shape index (κ3) is 3.43. The molecule has 18 heavy (non-hydrogen) atoms. The smallest absolute Gasteiger partial charge is 0.195 e. The second-order valence-electron chi connectivity index (χ2n) is 4.85. The lowest BCUT2D eigenvalue weighted by atomic mass is 9.88. The second-order valence-corrected chi connectivity index (χ2v) is 4.85. The predicted octanol–water partition coefficient (Wildman–Crippen LogP) is 1.94. The van der Waals surface area contributed by atoms with Crippen molar-refractivity contribution in [3.05, 3.63) is 0 Å². The molecule has 4 atom stereocenters. The van der Waals surface area contributed by atoms with Crippen molar-refractivity contribution < 1.29 is 19.1 Å². The van der Waals surface area contributed by atoms with Crippen LogP contribution in [0.2, 0.25) is 0 Å². The van der Waals surface area contributed by atoms with Gasteiger partial charge >= 0.3 is 0 Å². The van der Waals surface area contributed by atoms with E-state index in [2.05, 4.69) is 23.7 Å². The monoisotopic (exact) mass is 258 g/mol. The molecular weight excluding hydrogens is 236 g/mol. The highest BCUT2D eigenvalue weighted by molar-refractivity contribution is 5.22. The van der Waals surface area contributed by atoms with Crippen molar-refractivity contribution in [2.24, 2.45) is 10.3 Å². The molecule has 0 aromatic carbocycles. The number of oxime groups is 2. The number of hydrogen-bond acceptors (Lipinski definition) is 6. The highest BCUT2D eigenvalue weighted by Crippen LogP contribution is 2.35. The summed E-state index contributed by atoms with van der Waals surface area (Å²) in [5.74, 6) is 0. The summed E-state index contributed by atoms with van der Waals surface area (Å²) in [6.45, 7) is 14.3. The van der Waals surface area contributed by atoms with Gasteiger partial charge in [-0.2, -0.15) is 0 Å². The van der Waals surface area contributed by atoms with Gasteiger partial charge in [-0.3, -0.25) is 0 Å². The standard InChI is InChI=1S/C12H22N2O4/c1-8(2)15-10-7-12(4,18-14-6)11(17-13-5)9(3)16-10/h8-11H,5-7H2,1-4H3/t9-,10+,11-,12+/m0/s1. The van der Waals surface area contributed by atoms with Crippen molar-refractivity contribution in [1.29, 1.82) is 0 Å². The van der Waals surface area contributed by atoms with Crippen molar-refractivity contribution in [2.45, 2.75) is 64.3 Å². The molecule has 0 unspecified atom stereocenters. The van der Waals surface area contributed by atoms with Crippen LogP contribution < -0.4 is 0 Å². The molecule has 0 amide bonds. The molecular formula is C12H22N2O4. The summed E-state index contributed by atoms with van der Waals surface area (Å²) in [5.41, 5.74) is -0.708. The van der Waals surface area contributed by atoms with E-state index in [0.717, 1.165) is 0 Å². The summed E-state index contributed by atoms with van der Waals surface area (Å²) < 4.78 is 11.4. The van der Waals surface area contributed by atoms with Crippen molar-refractivity contribution in [1.82, 2.24) is 0 Å². The fourth-order valence-electron chi connectivity index (χ4n) is 2.20. The fourth-order valence-corrected chi connectivity index (χ4v) is 2.20. The van der Waals surface area contributed by atoms with Gasteiger partial charge in [0.2, 0.25) is 0 Å². The van der Waals surface area contributed by atoms with Crippen LogP contribution >= 0.6 is 0 Å². The Hall–Kier alpha value is -1.14. The molecule has 1 rings (SSSR count). The zero-order valence-corrected chi connectivity index (χ0v) is 11.5. The van der Waals surface area contributed by atoms with Gasteiger partial charge in [0, 0.05) is 19.9 Å². The van der Waals surface area contributed by atoms with E-state index in [-0.39, 0.29) is 18.5 Å². The first-order valence-electron chi connectivity index (χ1n) is 6.00. The van der Waals surface area contributed by atoms with Gasteiger partial charge in [0.05, 0.1) is 6.10 Å². The average molecular weight is 258 g/mol. The molecule has 1 aliphatic heterocycles. The molecule has 6 heteroatoms. The molecule has 0 N–H and O–H groups in total. The van der Waals surface area contributed by atoms with Crippen LogP contribution in [0.15, 0.2) is 10.3 Å². The van der Waals surface area contributed by atoms with E-state index in [9.17, 15) is 0 Å². The van der Waals surface area contributed by atoms with Gasteiger partial charge in [0.15, 0.2) is 18.0 Å². The molecule has 0 aromatic rings. The van der Waals surface area contributed by atoms with Gasteiger partial charge in [0.1, 0.15) is 6.10 Å². The summed E-state index contributed by atoms with van der Waals surface area (Å²) in [5, 5.41) is 6.97.